The summed E-state index contributed by atoms with van der Waals surface area (Å²) < 4.78 is 22.4. The zero-order chi connectivity index (χ0) is 9.73. The molecule has 0 aliphatic carbocycles. The van der Waals surface area contributed by atoms with E-state index in [9.17, 15) is 13.2 Å². The molecule has 76 valence electrons. The van der Waals surface area contributed by atoms with Gasteiger partial charge in [-0.25, -0.2) is 8.42 Å². The summed E-state index contributed by atoms with van der Waals surface area (Å²) in [7, 11) is -2.81. The van der Waals surface area contributed by atoms with Crippen molar-refractivity contribution >= 4 is 16.1 Å². The molecule has 0 aromatic heterocycles. The van der Waals surface area contributed by atoms with Crippen LogP contribution in [0, 0.1) is 0 Å². The zero-order valence-corrected chi connectivity index (χ0v) is 8.42. The number of nitrogens with zero attached hydrogens (tertiary/aromatic N) is 1. The molecule has 0 spiro atoms. The van der Waals surface area contributed by atoms with Crippen molar-refractivity contribution in [3.63, 3.8) is 0 Å². The van der Waals surface area contributed by atoms with Gasteiger partial charge in [0.2, 0.25) is 0 Å². The van der Waals surface area contributed by atoms with Crippen LogP contribution in [0.2, 0.25) is 0 Å². The van der Waals surface area contributed by atoms with E-state index in [1.807, 2.05) is 4.90 Å². The number of hydrogen-bond donors (Lipinski definition) is 0. The molecule has 0 unspecified atom stereocenters. The summed E-state index contributed by atoms with van der Waals surface area (Å²) in [5.74, 6) is 0.538. The SMILES string of the molecule is O=CCCN1CCCS(=O)(=O)CC1. The van der Waals surface area contributed by atoms with Crippen molar-refractivity contribution in [1.29, 1.82) is 0 Å². The highest BCUT2D eigenvalue weighted by molar-refractivity contribution is 7.91. The molecule has 1 aliphatic rings. The van der Waals surface area contributed by atoms with Gasteiger partial charge in [-0.15, -0.1) is 0 Å². The van der Waals surface area contributed by atoms with Crippen LogP contribution in [0.1, 0.15) is 12.8 Å². The standard InChI is InChI=1S/C8H15NO3S/c10-6-1-3-9-4-2-7-13(11,12)8-5-9/h6H,1-5,7-8H2. The van der Waals surface area contributed by atoms with Gasteiger partial charge in [0.05, 0.1) is 11.5 Å². The lowest BCUT2D eigenvalue weighted by atomic mass is 10.3. The van der Waals surface area contributed by atoms with Crippen LogP contribution in [-0.4, -0.2) is 50.7 Å². The molecule has 0 amide bonds. The molecule has 0 radical (unpaired) electrons. The number of hydrogen-bond acceptors (Lipinski definition) is 4. The van der Waals surface area contributed by atoms with Crippen molar-refractivity contribution < 1.29 is 13.2 Å². The monoisotopic (exact) mass is 205 g/mol. The van der Waals surface area contributed by atoms with Crippen LogP contribution in [0.15, 0.2) is 0 Å². The van der Waals surface area contributed by atoms with Crippen LogP contribution in [0.5, 0.6) is 0 Å². The van der Waals surface area contributed by atoms with E-state index in [0.717, 1.165) is 12.8 Å². The van der Waals surface area contributed by atoms with Gasteiger partial charge in [-0.3, -0.25) is 0 Å². The highest BCUT2D eigenvalue weighted by Gasteiger charge is 2.18. The molecule has 0 bridgehead atoms. The highest BCUT2D eigenvalue weighted by Crippen LogP contribution is 2.04. The van der Waals surface area contributed by atoms with Gasteiger partial charge >= 0.3 is 0 Å². The van der Waals surface area contributed by atoms with Gasteiger partial charge in [0.25, 0.3) is 0 Å². The Bertz CT molecular complexity index is 261. The lowest BCUT2D eigenvalue weighted by molar-refractivity contribution is -0.108. The van der Waals surface area contributed by atoms with Crippen molar-refractivity contribution in [2.24, 2.45) is 0 Å². The van der Waals surface area contributed by atoms with Gasteiger partial charge in [0.1, 0.15) is 6.29 Å². The number of carbonyl (C=O) groups is 1. The van der Waals surface area contributed by atoms with Gasteiger partial charge < -0.3 is 9.69 Å². The summed E-state index contributed by atoms with van der Waals surface area (Å²) in [6.07, 6.45) is 2.07. The Balaban J connectivity index is 2.40. The fraction of sp³-hybridized carbons (Fsp3) is 0.875. The summed E-state index contributed by atoms with van der Waals surface area (Å²) in [6.45, 7) is 2.07. The third kappa shape index (κ3) is 3.87. The molecule has 1 rings (SSSR count). The number of carbonyl (C=O) groups excluding carboxylic acids is 1. The molecular weight excluding hydrogens is 190 g/mol. The summed E-state index contributed by atoms with van der Waals surface area (Å²) in [4.78, 5) is 12.2. The van der Waals surface area contributed by atoms with Gasteiger partial charge in [-0.2, -0.15) is 0 Å². The Morgan fingerprint density at radius 1 is 1.23 bits per heavy atom. The van der Waals surface area contributed by atoms with E-state index >= 15 is 0 Å². The molecule has 0 N–H and O–H groups in total. The Morgan fingerprint density at radius 2 is 2.00 bits per heavy atom. The van der Waals surface area contributed by atoms with Crippen molar-refractivity contribution in [2.45, 2.75) is 12.8 Å². The zero-order valence-electron chi connectivity index (χ0n) is 7.61. The average molecular weight is 205 g/mol. The minimum Gasteiger partial charge on any atom is -0.303 e. The van der Waals surface area contributed by atoms with Crippen molar-refractivity contribution in [3.8, 4) is 0 Å². The Morgan fingerprint density at radius 3 is 2.69 bits per heavy atom. The minimum absolute atomic E-state index is 0.242. The summed E-state index contributed by atoms with van der Waals surface area (Å²) in [5.41, 5.74) is 0. The Hall–Kier alpha value is -0.420. The summed E-state index contributed by atoms with van der Waals surface area (Å²) in [6, 6.07) is 0. The number of sulfone groups is 1. The van der Waals surface area contributed by atoms with E-state index < -0.39 is 9.84 Å². The second kappa shape index (κ2) is 4.72. The van der Waals surface area contributed by atoms with Crippen molar-refractivity contribution in [1.82, 2.24) is 4.90 Å². The molecule has 1 aliphatic heterocycles. The number of aldehydes is 1. The van der Waals surface area contributed by atoms with Crippen LogP contribution < -0.4 is 0 Å². The smallest absolute Gasteiger partial charge is 0.151 e. The van der Waals surface area contributed by atoms with Gasteiger partial charge in [0.15, 0.2) is 9.84 Å². The van der Waals surface area contributed by atoms with E-state index in [2.05, 4.69) is 0 Å². The van der Waals surface area contributed by atoms with Gasteiger partial charge in [0, 0.05) is 19.5 Å². The van der Waals surface area contributed by atoms with Crippen LogP contribution in [0.25, 0.3) is 0 Å². The summed E-state index contributed by atoms with van der Waals surface area (Å²) in [5, 5.41) is 0. The normalized spacial score (nSPS) is 23.7. The lowest BCUT2D eigenvalue weighted by Crippen LogP contribution is -2.28. The van der Waals surface area contributed by atoms with E-state index in [4.69, 9.17) is 0 Å². The van der Waals surface area contributed by atoms with Crippen molar-refractivity contribution in [3.05, 3.63) is 0 Å². The first-order chi connectivity index (χ1) is 6.14. The third-order valence-electron chi connectivity index (χ3n) is 2.21. The minimum atomic E-state index is -2.81. The van der Waals surface area contributed by atoms with Crippen LogP contribution >= 0.6 is 0 Å². The largest absolute Gasteiger partial charge is 0.303 e. The predicted octanol–water partition coefficient (Wildman–Crippen LogP) is -0.304. The fourth-order valence-electron chi connectivity index (χ4n) is 1.45. The number of rotatable bonds is 3. The van der Waals surface area contributed by atoms with E-state index in [1.165, 1.54) is 0 Å². The molecule has 5 heteroatoms. The second-order valence-electron chi connectivity index (χ2n) is 3.30. The second-order valence-corrected chi connectivity index (χ2v) is 5.61. The maximum Gasteiger partial charge on any atom is 0.151 e. The molecule has 13 heavy (non-hydrogen) atoms. The average Bonchev–Trinajstić information content (AvgIpc) is 2.23. The quantitative estimate of drug-likeness (QED) is 0.593. The molecule has 0 aromatic carbocycles. The molecule has 1 fully saturated rings. The molecule has 4 nitrogen and oxygen atoms in total. The maximum atomic E-state index is 11.2. The van der Waals surface area contributed by atoms with E-state index in [1.54, 1.807) is 0 Å². The lowest BCUT2D eigenvalue weighted by Gasteiger charge is -2.16. The third-order valence-corrected chi connectivity index (χ3v) is 3.93. The summed E-state index contributed by atoms with van der Waals surface area (Å²) >= 11 is 0. The van der Waals surface area contributed by atoms with Crippen LogP contribution in [0.4, 0.5) is 0 Å². The maximum absolute atomic E-state index is 11.2. The molecule has 1 heterocycles. The molecule has 1 saturated heterocycles. The van der Waals surface area contributed by atoms with Crippen LogP contribution in [-0.2, 0) is 14.6 Å². The van der Waals surface area contributed by atoms with E-state index in [-0.39, 0.29) is 5.75 Å². The van der Waals surface area contributed by atoms with Gasteiger partial charge in [-0.1, -0.05) is 0 Å². The highest BCUT2D eigenvalue weighted by atomic mass is 32.2. The first kappa shape index (κ1) is 10.7. The molecule has 0 atom stereocenters. The van der Waals surface area contributed by atoms with E-state index in [0.29, 0.717) is 31.7 Å². The molecule has 0 aromatic rings. The first-order valence-electron chi connectivity index (χ1n) is 4.50. The Kier molecular flexibility index (Phi) is 3.87. The van der Waals surface area contributed by atoms with Crippen LogP contribution in [0.3, 0.4) is 0 Å². The van der Waals surface area contributed by atoms with Gasteiger partial charge in [-0.05, 0) is 13.0 Å². The van der Waals surface area contributed by atoms with Crippen molar-refractivity contribution in [2.75, 3.05) is 31.1 Å². The first-order valence-corrected chi connectivity index (χ1v) is 6.32. The topological polar surface area (TPSA) is 54.5 Å². The molecular formula is C8H15NO3S. The predicted molar refractivity (Wildman–Crippen MR) is 50.4 cm³/mol. The Labute approximate surface area is 78.8 Å². The molecule has 0 saturated carbocycles. The fourth-order valence-corrected chi connectivity index (χ4v) is 2.76.